The molecule has 2 aliphatic rings. The smallest absolute Gasteiger partial charge is 0.409 e. The third kappa shape index (κ3) is 5.71. The van der Waals surface area contributed by atoms with E-state index in [0.29, 0.717) is 43.4 Å². The van der Waals surface area contributed by atoms with Crippen LogP contribution in [0.1, 0.15) is 28.5 Å². The number of piperazine rings is 1. The quantitative estimate of drug-likeness (QED) is 0.703. The minimum absolute atomic E-state index is 0.129. The number of anilines is 1. The Morgan fingerprint density at radius 3 is 2.58 bits per heavy atom. The fourth-order valence-electron chi connectivity index (χ4n) is 4.31. The van der Waals surface area contributed by atoms with Gasteiger partial charge in [0.1, 0.15) is 11.1 Å². The highest BCUT2D eigenvalue weighted by molar-refractivity contribution is 7.16. The number of hydrogen-bond donors (Lipinski definition) is 1. The van der Waals surface area contributed by atoms with E-state index in [-0.39, 0.29) is 18.5 Å². The number of fused-ring (bicyclic) bond motifs is 1. The molecule has 2 aliphatic heterocycles. The molecule has 0 atom stereocenters. The molecule has 1 aromatic heterocycles. The zero-order chi connectivity index (χ0) is 23.2. The summed E-state index contributed by atoms with van der Waals surface area (Å²) in [4.78, 5) is 31.8. The van der Waals surface area contributed by atoms with E-state index in [1.165, 1.54) is 16.9 Å². The van der Waals surface area contributed by atoms with Crippen LogP contribution >= 0.6 is 11.3 Å². The summed E-state index contributed by atoms with van der Waals surface area (Å²) in [7, 11) is 0. The van der Waals surface area contributed by atoms with Crippen molar-refractivity contribution >= 4 is 28.3 Å². The van der Waals surface area contributed by atoms with Gasteiger partial charge in [0, 0.05) is 50.7 Å². The maximum atomic E-state index is 12.7. The van der Waals surface area contributed by atoms with Crippen molar-refractivity contribution in [3.8, 4) is 6.07 Å². The highest BCUT2D eigenvalue weighted by atomic mass is 32.1. The number of nitrogens with one attached hydrogen (secondary N) is 1. The summed E-state index contributed by atoms with van der Waals surface area (Å²) in [6.45, 7) is 7.26. The second-order valence-corrected chi connectivity index (χ2v) is 9.38. The first kappa shape index (κ1) is 23.2. The van der Waals surface area contributed by atoms with Crippen molar-refractivity contribution < 1.29 is 14.3 Å². The van der Waals surface area contributed by atoms with Crippen LogP contribution in [0.4, 0.5) is 9.80 Å². The lowest BCUT2D eigenvalue weighted by molar-refractivity contribution is -0.117. The average Bonchev–Trinajstić information content (AvgIpc) is 3.16. The van der Waals surface area contributed by atoms with Gasteiger partial charge in [-0.15, -0.1) is 11.3 Å². The highest BCUT2D eigenvalue weighted by Crippen LogP contribution is 2.37. The van der Waals surface area contributed by atoms with Crippen LogP contribution in [0.25, 0.3) is 0 Å². The monoisotopic (exact) mass is 467 g/mol. The van der Waals surface area contributed by atoms with Crippen LogP contribution in [0.5, 0.6) is 0 Å². The zero-order valence-electron chi connectivity index (χ0n) is 18.9. The number of nitriles is 1. The number of rotatable bonds is 6. The van der Waals surface area contributed by atoms with Gasteiger partial charge in [0.25, 0.3) is 0 Å². The lowest BCUT2D eigenvalue weighted by Crippen LogP contribution is -2.50. The third-order valence-electron chi connectivity index (χ3n) is 6.02. The second-order valence-electron chi connectivity index (χ2n) is 8.28. The largest absolute Gasteiger partial charge is 0.450 e. The Morgan fingerprint density at radius 1 is 1.12 bits per heavy atom. The topological polar surface area (TPSA) is 88.9 Å². The average molecular weight is 468 g/mol. The zero-order valence-corrected chi connectivity index (χ0v) is 19.7. The molecule has 3 heterocycles. The molecule has 4 rings (SSSR count). The number of ether oxygens (including phenoxy) is 1. The maximum Gasteiger partial charge on any atom is 0.409 e. The van der Waals surface area contributed by atoms with Crippen molar-refractivity contribution in [2.45, 2.75) is 26.4 Å². The molecule has 1 N–H and O–H groups in total. The summed E-state index contributed by atoms with van der Waals surface area (Å²) in [5, 5.41) is 13.4. The summed E-state index contributed by atoms with van der Waals surface area (Å²) in [5.74, 6) is -0.129. The standard InChI is InChI=1S/C24H29N5O3S/c1-2-32-24(31)29-12-10-27(11-13-29)17-22(30)26-23-20(14-25)19-8-9-28(16-21(19)33-23)15-18-6-4-3-5-7-18/h3-7H,2,8-13,15-17H2,1H3,(H,26,30). The van der Waals surface area contributed by atoms with E-state index in [2.05, 4.69) is 28.4 Å². The Labute approximate surface area is 198 Å². The number of hydrogen-bond acceptors (Lipinski definition) is 7. The Bertz CT molecular complexity index is 1020. The van der Waals surface area contributed by atoms with Gasteiger partial charge in [0.2, 0.25) is 5.91 Å². The van der Waals surface area contributed by atoms with Gasteiger partial charge in [-0.25, -0.2) is 4.79 Å². The van der Waals surface area contributed by atoms with Gasteiger partial charge in [-0.3, -0.25) is 14.6 Å². The normalized spacial score (nSPS) is 16.7. The van der Waals surface area contributed by atoms with Crippen LogP contribution in [0, 0.1) is 11.3 Å². The molecule has 0 unspecified atom stereocenters. The summed E-state index contributed by atoms with van der Waals surface area (Å²) in [6.07, 6.45) is 0.513. The van der Waals surface area contributed by atoms with Gasteiger partial charge in [-0.2, -0.15) is 5.26 Å². The Balaban J connectivity index is 1.33. The first-order valence-electron chi connectivity index (χ1n) is 11.3. The van der Waals surface area contributed by atoms with Gasteiger partial charge in [0.15, 0.2) is 0 Å². The van der Waals surface area contributed by atoms with Crippen molar-refractivity contribution in [2.24, 2.45) is 0 Å². The van der Waals surface area contributed by atoms with Crippen LogP contribution in [-0.4, -0.2) is 72.6 Å². The van der Waals surface area contributed by atoms with E-state index >= 15 is 0 Å². The van der Waals surface area contributed by atoms with Crippen LogP contribution in [-0.2, 0) is 29.0 Å². The SMILES string of the molecule is CCOC(=O)N1CCN(CC(=O)Nc2sc3c(c2C#N)CCN(Cc2ccccc2)C3)CC1. The summed E-state index contributed by atoms with van der Waals surface area (Å²) in [5.41, 5.74) is 2.95. The Kier molecular flexibility index (Phi) is 7.60. The maximum absolute atomic E-state index is 12.7. The van der Waals surface area contributed by atoms with E-state index in [0.717, 1.165) is 36.5 Å². The lowest BCUT2D eigenvalue weighted by atomic mass is 10.0. The fourth-order valence-corrected chi connectivity index (χ4v) is 5.57. The molecule has 0 aliphatic carbocycles. The number of nitrogens with zero attached hydrogens (tertiary/aromatic N) is 4. The highest BCUT2D eigenvalue weighted by Gasteiger charge is 2.27. The van der Waals surface area contributed by atoms with E-state index in [1.54, 1.807) is 11.8 Å². The lowest BCUT2D eigenvalue weighted by Gasteiger charge is -2.33. The number of carbonyl (C=O) groups is 2. The number of carbonyl (C=O) groups excluding carboxylic acids is 2. The molecular formula is C24H29N5O3S. The summed E-state index contributed by atoms with van der Waals surface area (Å²) >= 11 is 1.52. The van der Waals surface area contributed by atoms with Crippen molar-refractivity contribution in [3.05, 3.63) is 51.9 Å². The molecule has 0 spiro atoms. The van der Waals surface area contributed by atoms with Crippen LogP contribution < -0.4 is 5.32 Å². The van der Waals surface area contributed by atoms with Crippen molar-refractivity contribution in [3.63, 3.8) is 0 Å². The molecule has 1 aromatic carbocycles. The number of benzene rings is 1. The predicted molar refractivity (Wildman–Crippen MR) is 127 cm³/mol. The van der Waals surface area contributed by atoms with E-state index in [1.807, 2.05) is 23.1 Å². The predicted octanol–water partition coefficient (Wildman–Crippen LogP) is 2.89. The molecule has 0 radical (unpaired) electrons. The van der Waals surface area contributed by atoms with Gasteiger partial charge >= 0.3 is 6.09 Å². The molecule has 33 heavy (non-hydrogen) atoms. The molecule has 0 bridgehead atoms. The first-order valence-corrected chi connectivity index (χ1v) is 12.1. The van der Waals surface area contributed by atoms with Crippen LogP contribution in [0.2, 0.25) is 0 Å². The molecular weight excluding hydrogens is 438 g/mol. The number of amides is 2. The van der Waals surface area contributed by atoms with E-state index < -0.39 is 0 Å². The molecule has 174 valence electrons. The Hall–Kier alpha value is -2.93. The molecule has 0 saturated carbocycles. The van der Waals surface area contributed by atoms with Crippen molar-refractivity contribution in [1.29, 1.82) is 5.26 Å². The van der Waals surface area contributed by atoms with Gasteiger partial charge in [-0.1, -0.05) is 30.3 Å². The minimum atomic E-state index is -0.300. The van der Waals surface area contributed by atoms with Gasteiger partial charge in [0.05, 0.1) is 18.7 Å². The van der Waals surface area contributed by atoms with E-state index in [9.17, 15) is 14.9 Å². The molecule has 2 amide bonds. The molecule has 8 nitrogen and oxygen atoms in total. The second kappa shape index (κ2) is 10.8. The van der Waals surface area contributed by atoms with Crippen LogP contribution in [0.3, 0.4) is 0 Å². The van der Waals surface area contributed by atoms with Crippen molar-refractivity contribution in [2.75, 3.05) is 51.2 Å². The summed E-state index contributed by atoms with van der Waals surface area (Å²) in [6, 6.07) is 12.7. The van der Waals surface area contributed by atoms with Gasteiger partial charge < -0.3 is 15.0 Å². The molecule has 2 aromatic rings. The minimum Gasteiger partial charge on any atom is -0.450 e. The fraction of sp³-hybridized carbons (Fsp3) is 0.458. The van der Waals surface area contributed by atoms with Crippen molar-refractivity contribution in [1.82, 2.24) is 14.7 Å². The third-order valence-corrected chi connectivity index (χ3v) is 7.15. The van der Waals surface area contributed by atoms with Gasteiger partial charge in [-0.05, 0) is 24.5 Å². The molecule has 1 saturated heterocycles. The molecule has 1 fully saturated rings. The number of thiophene rings is 1. The summed E-state index contributed by atoms with van der Waals surface area (Å²) < 4.78 is 5.04. The first-order chi connectivity index (χ1) is 16.1. The van der Waals surface area contributed by atoms with Crippen LogP contribution in [0.15, 0.2) is 30.3 Å². The molecule has 9 heteroatoms. The van der Waals surface area contributed by atoms with E-state index in [4.69, 9.17) is 4.74 Å². The Morgan fingerprint density at radius 2 is 1.88 bits per heavy atom.